The molecule has 1 saturated carbocycles. The molecular formula is C17H27BrN2. The Bertz CT molecular complexity index is 445. The molecule has 1 aliphatic carbocycles. The van der Waals surface area contributed by atoms with Crippen molar-refractivity contribution in [1.82, 2.24) is 0 Å². The van der Waals surface area contributed by atoms with Crippen molar-refractivity contribution in [2.75, 3.05) is 11.9 Å². The summed E-state index contributed by atoms with van der Waals surface area (Å²) < 4.78 is 1.14. The normalized spacial score (nSPS) is 24.4. The molecule has 3 atom stereocenters. The van der Waals surface area contributed by atoms with Crippen molar-refractivity contribution in [1.29, 1.82) is 0 Å². The molecule has 0 spiro atoms. The largest absolute Gasteiger partial charge is 0.371 e. The summed E-state index contributed by atoms with van der Waals surface area (Å²) in [4.78, 5) is 2.49. The summed E-state index contributed by atoms with van der Waals surface area (Å²) in [6.07, 6.45) is 6.30. The van der Waals surface area contributed by atoms with Crippen LogP contribution in [0.25, 0.3) is 0 Å². The summed E-state index contributed by atoms with van der Waals surface area (Å²) >= 11 is 3.58. The summed E-state index contributed by atoms with van der Waals surface area (Å²) in [6.45, 7) is 4.46. The van der Waals surface area contributed by atoms with Gasteiger partial charge in [-0.25, -0.2) is 0 Å². The van der Waals surface area contributed by atoms with Gasteiger partial charge in [0.05, 0.1) is 0 Å². The number of hydrogen-bond donors (Lipinski definition) is 1. The van der Waals surface area contributed by atoms with E-state index in [1.807, 2.05) is 0 Å². The first-order valence-corrected chi connectivity index (χ1v) is 8.53. The SMILES string of the molecule is CC(N)Cc1cc(Br)ccc1N(C)C1CCCC(C)C1. The molecule has 0 radical (unpaired) electrons. The van der Waals surface area contributed by atoms with Gasteiger partial charge in [-0.2, -0.15) is 0 Å². The van der Waals surface area contributed by atoms with E-state index >= 15 is 0 Å². The molecule has 1 aromatic rings. The first-order valence-electron chi connectivity index (χ1n) is 7.74. The van der Waals surface area contributed by atoms with Crippen molar-refractivity contribution in [2.24, 2.45) is 11.7 Å². The Labute approximate surface area is 131 Å². The molecule has 0 bridgehead atoms. The van der Waals surface area contributed by atoms with Gasteiger partial charge in [0.15, 0.2) is 0 Å². The fourth-order valence-electron chi connectivity index (χ4n) is 3.36. The van der Waals surface area contributed by atoms with E-state index in [1.165, 1.54) is 36.9 Å². The van der Waals surface area contributed by atoms with Gasteiger partial charge in [-0.1, -0.05) is 35.7 Å². The topological polar surface area (TPSA) is 29.3 Å². The maximum Gasteiger partial charge on any atom is 0.0400 e. The maximum absolute atomic E-state index is 6.01. The second-order valence-electron chi connectivity index (χ2n) is 6.49. The lowest BCUT2D eigenvalue weighted by atomic mass is 9.86. The van der Waals surface area contributed by atoms with Crippen LogP contribution >= 0.6 is 15.9 Å². The molecule has 0 heterocycles. The van der Waals surface area contributed by atoms with E-state index in [-0.39, 0.29) is 6.04 Å². The molecule has 20 heavy (non-hydrogen) atoms. The third-order valence-corrected chi connectivity index (χ3v) is 4.91. The van der Waals surface area contributed by atoms with Crippen LogP contribution in [0.2, 0.25) is 0 Å². The molecule has 2 nitrogen and oxygen atoms in total. The number of halogens is 1. The fraction of sp³-hybridized carbons (Fsp3) is 0.647. The van der Waals surface area contributed by atoms with Crippen LogP contribution in [0.4, 0.5) is 5.69 Å². The molecule has 0 aromatic heterocycles. The van der Waals surface area contributed by atoms with Crippen LogP contribution in [0, 0.1) is 5.92 Å². The van der Waals surface area contributed by atoms with Gasteiger partial charge in [-0.15, -0.1) is 0 Å². The molecule has 2 rings (SSSR count). The Balaban J connectivity index is 2.21. The van der Waals surface area contributed by atoms with Crippen molar-refractivity contribution in [3.05, 3.63) is 28.2 Å². The van der Waals surface area contributed by atoms with Gasteiger partial charge in [-0.05, 0) is 55.9 Å². The van der Waals surface area contributed by atoms with Crippen LogP contribution < -0.4 is 10.6 Å². The van der Waals surface area contributed by atoms with Crippen molar-refractivity contribution in [2.45, 2.75) is 58.0 Å². The van der Waals surface area contributed by atoms with Crippen LogP contribution in [0.15, 0.2) is 22.7 Å². The summed E-state index contributed by atoms with van der Waals surface area (Å²) in [5, 5.41) is 0. The summed E-state index contributed by atoms with van der Waals surface area (Å²) in [6, 6.07) is 7.47. The number of nitrogens with zero attached hydrogens (tertiary/aromatic N) is 1. The van der Waals surface area contributed by atoms with Crippen molar-refractivity contribution >= 4 is 21.6 Å². The summed E-state index contributed by atoms with van der Waals surface area (Å²) in [7, 11) is 2.25. The lowest BCUT2D eigenvalue weighted by Gasteiger charge is -2.37. The maximum atomic E-state index is 6.01. The Morgan fingerprint density at radius 2 is 2.15 bits per heavy atom. The Morgan fingerprint density at radius 1 is 1.40 bits per heavy atom. The van der Waals surface area contributed by atoms with Gasteiger partial charge in [0, 0.05) is 29.3 Å². The van der Waals surface area contributed by atoms with E-state index in [1.54, 1.807) is 0 Å². The lowest BCUT2D eigenvalue weighted by molar-refractivity contribution is 0.336. The molecule has 112 valence electrons. The van der Waals surface area contributed by atoms with E-state index in [4.69, 9.17) is 5.73 Å². The third-order valence-electron chi connectivity index (χ3n) is 4.42. The van der Waals surface area contributed by atoms with E-state index in [2.05, 4.69) is 59.9 Å². The highest BCUT2D eigenvalue weighted by molar-refractivity contribution is 9.10. The molecule has 1 fully saturated rings. The fourth-order valence-corrected chi connectivity index (χ4v) is 3.77. The smallest absolute Gasteiger partial charge is 0.0400 e. The highest BCUT2D eigenvalue weighted by Crippen LogP contribution is 2.32. The average molecular weight is 339 g/mol. The Hall–Kier alpha value is -0.540. The first-order chi connectivity index (χ1) is 9.47. The van der Waals surface area contributed by atoms with E-state index < -0.39 is 0 Å². The van der Waals surface area contributed by atoms with Gasteiger partial charge in [0.25, 0.3) is 0 Å². The van der Waals surface area contributed by atoms with Gasteiger partial charge in [0.1, 0.15) is 0 Å². The van der Waals surface area contributed by atoms with Gasteiger partial charge in [0.2, 0.25) is 0 Å². The van der Waals surface area contributed by atoms with Crippen LogP contribution in [0.3, 0.4) is 0 Å². The Kier molecular flexibility index (Phi) is 5.50. The molecular weight excluding hydrogens is 312 g/mol. The monoisotopic (exact) mass is 338 g/mol. The van der Waals surface area contributed by atoms with Gasteiger partial charge in [-0.3, -0.25) is 0 Å². The summed E-state index contributed by atoms with van der Waals surface area (Å²) in [5.74, 6) is 0.850. The van der Waals surface area contributed by atoms with E-state index in [0.29, 0.717) is 6.04 Å². The van der Waals surface area contributed by atoms with Crippen molar-refractivity contribution in [3.8, 4) is 0 Å². The third kappa shape index (κ3) is 3.98. The van der Waals surface area contributed by atoms with Crippen molar-refractivity contribution in [3.63, 3.8) is 0 Å². The molecule has 1 aliphatic rings. The molecule has 3 heteroatoms. The summed E-state index contributed by atoms with van der Waals surface area (Å²) in [5.41, 5.74) is 8.72. The second kappa shape index (κ2) is 6.95. The number of rotatable bonds is 4. The van der Waals surface area contributed by atoms with Crippen LogP contribution in [-0.4, -0.2) is 19.1 Å². The molecule has 0 amide bonds. The second-order valence-corrected chi connectivity index (χ2v) is 7.41. The first kappa shape index (κ1) is 15.8. The van der Waals surface area contributed by atoms with Crippen LogP contribution in [0.1, 0.15) is 45.1 Å². The van der Waals surface area contributed by atoms with E-state index in [0.717, 1.165) is 16.8 Å². The number of hydrogen-bond acceptors (Lipinski definition) is 2. The van der Waals surface area contributed by atoms with Crippen molar-refractivity contribution < 1.29 is 0 Å². The van der Waals surface area contributed by atoms with Gasteiger partial charge >= 0.3 is 0 Å². The standard InChI is InChI=1S/C17H27BrN2/c1-12-5-4-6-16(9-12)20(3)17-8-7-15(18)11-14(17)10-13(2)19/h7-8,11-13,16H,4-6,9-10,19H2,1-3H3. The van der Waals surface area contributed by atoms with Crippen LogP contribution in [-0.2, 0) is 6.42 Å². The number of anilines is 1. The van der Waals surface area contributed by atoms with Crippen LogP contribution in [0.5, 0.6) is 0 Å². The van der Waals surface area contributed by atoms with E-state index in [9.17, 15) is 0 Å². The molecule has 3 unspecified atom stereocenters. The predicted molar refractivity (Wildman–Crippen MR) is 91.3 cm³/mol. The molecule has 1 aromatic carbocycles. The predicted octanol–water partition coefficient (Wildman–Crippen LogP) is 4.35. The quantitative estimate of drug-likeness (QED) is 0.883. The molecule has 2 N–H and O–H groups in total. The Morgan fingerprint density at radius 3 is 2.80 bits per heavy atom. The number of benzene rings is 1. The lowest BCUT2D eigenvalue weighted by Crippen LogP contribution is -2.36. The molecule has 0 saturated heterocycles. The molecule has 0 aliphatic heterocycles. The minimum atomic E-state index is 0.196. The average Bonchev–Trinajstić information content (AvgIpc) is 2.37. The number of nitrogens with two attached hydrogens (primary N) is 1. The van der Waals surface area contributed by atoms with Gasteiger partial charge < -0.3 is 10.6 Å². The highest BCUT2D eigenvalue weighted by atomic mass is 79.9. The zero-order valence-corrected chi connectivity index (χ0v) is 14.5. The zero-order valence-electron chi connectivity index (χ0n) is 12.9. The zero-order chi connectivity index (χ0) is 14.7. The highest BCUT2D eigenvalue weighted by Gasteiger charge is 2.24. The minimum Gasteiger partial charge on any atom is -0.371 e. The minimum absolute atomic E-state index is 0.196.